The third-order valence-corrected chi connectivity index (χ3v) is 2.99. The van der Waals surface area contributed by atoms with Gasteiger partial charge in [0.15, 0.2) is 5.17 Å². The molecular weight excluding hydrogens is 212 g/mol. The fraction of sp³-hybridized carbons (Fsp3) is 0.667. The first-order chi connectivity index (χ1) is 7.19. The fourth-order valence-corrected chi connectivity index (χ4v) is 1.98. The molecule has 1 saturated heterocycles. The molecule has 1 aliphatic rings. The van der Waals surface area contributed by atoms with Crippen molar-refractivity contribution in [2.45, 2.75) is 6.42 Å². The minimum atomic E-state index is 0.0761. The minimum Gasteiger partial charge on any atom is -0.344 e. The lowest BCUT2D eigenvalue weighted by Gasteiger charge is -2.20. The zero-order valence-electron chi connectivity index (χ0n) is 8.93. The van der Waals surface area contributed by atoms with Gasteiger partial charge >= 0.3 is 0 Å². The van der Waals surface area contributed by atoms with Gasteiger partial charge < -0.3 is 9.80 Å². The summed E-state index contributed by atoms with van der Waals surface area (Å²) in [6, 6.07) is 0. The van der Waals surface area contributed by atoms with Crippen molar-refractivity contribution in [1.29, 1.82) is 5.26 Å². The molecule has 1 aliphatic heterocycles. The van der Waals surface area contributed by atoms with Crippen molar-refractivity contribution in [1.82, 2.24) is 9.80 Å². The number of amides is 1. The number of rotatable bonds is 0. The molecule has 0 saturated carbocycles. The molecule has 5 nitrogen and oxygen atoms in total. The van der Waals surface area contributed by atoms with Gasteiger partial charge in [-0.15, -0.1) is 4.99 Å². The fourth-order valence-electron chi connectivity index (χ4n) is 1.44. The Hall–Kier alpha value is -1.22. The first kappa shape index (κ1) is 11.9. The molecule has 0 unspecified atom stereocenters. The standard InChI is InChI=1S/C9H14N4OS/c1-12-4-3-5-13(6-8(12)14)9(15-2)11-7-10/h3-6H2,1-2H3. The number of nitrogens with zero attached hydrogens (tertiary/aromatic N) is 4. The third kappa shape index (κ3) is 3.13. The lowest BCUT2D eigenvalue weighted by Crippen LogP contribution is -2.36. The van der Waals surface area contributed by atoms with Crippen LogP contribution in [0.3, 0.4) is 0 Å². The molecule has 0 aromatic carbocycles. The average Bonchev–Trinajstić information content (AvgIpc) is 2.38. The van der Waals surface area contributed by atoms with Crippen molar-refractivity contribution in [2.24, 2.45) is 4.99 Å². The number of carbonyl (C=O) groups excluding carboxylic acids is 1. The Morgan fingerprint density at radius 1 is 1.60 bits per heavy atom. The minimum absolute atomic E-state index is 0.0761. The number of carbonyl (C=O) groups is 1. The molecule has 1 rings (SSSR count). The quantitative estimate of drug-likeness (QED) is 0.340. The smallest absolute Gasteiger partial charge is 0.241 e. The number of aliphatic imine (C=N–C) groups is 1. The van der Waals surface area contributed by atoms with E-state index in [4.69, 9.17) is 5.26 Å². The second-order valence-corrected chi connectivity index (χ2v) is 4.06. The molecule has 0 bridgehead atoms. The molecule has 0 aromatic rings. The van der Waals surface area contributed by atoms with E-state index in [1.165, 1.54) is 11.8 Å². The van der Waals surface area contributed by atoms with Gasteiger partial charge in [0.2, 0.25) is 12.1 Å². The Labute approximate surface area is 93.7 Å². The molecule has 6 heteroatoms. The first-order valence-electron chi connectivity index (χ1n) is 4.68. The third-order valence-electron chi connectivity index (χ3n) is 2.27. The maximum atomic E-state index is 11.6. The normalized spacial score (nSPS) is 18.7. The van der Waals surface area contributed by atoms with Gasteiger partial charge in [0.25, 0.3) is 0 Å². The number of hydrogen-bond donors (Lipinski definition) is 0. The summed E-state index contributed by atoms with van der Waals surface area (Å²) < 4.78 is 0. The maximum absolute atomic E-state index is 11.6. The molecule has 0 aromatic heterocycles. The zero-order valence-corrected chi connectivity index (χ0v) is 9.75. The van der Waals surface area contributed by atoms with Gasteiger partial charge in [-0.2, -0.15) is 5.26 Å². The Bertz CT molecular complexity index is 310. The molecule has 1 amide bonds. The lowest BCUT2D eigenvalue weighted by molar-refractivity contribution is -0.129. The number of likely N-dealkylation sites (N-methyl/N-ethyl adjacent to an activating group) is 1. The Morgan fingerprint density at radius 3 is 2.93 bits per heavy atom. The van der Waals surface area contributed by atoms with Crippen molar-refractivity contribution >= 4 is 22.8 Å². The highest BCUT2D eigenvalue weighted by Gasteiger charge is 2.20. The van der Waals surface area contributed by atoms with Crippen LogP contribution in [0.4, 0.5) is 0 Å². The number of hydrogen-bond acceptors (Lipinski definition) is 4. The van der Waals surface area contributed by atoms with Crippen LogP contribution in [0.25, 0.3) is 0 Å². The summed E-state index contributed by atoms with van der Waals surface area (Å²) in [5.41, 5.74) is 0. The van der Waals surface area contributed by atoms with Crippen LogP contribution >= 0.6 is 11.8 Å². The van der Waals surface area contributed by atoms with Crippen molar-refractivity contribution in [2.75, 3.05) is 32.9 Å². The van der Waals surface area contributed by atoms with E-state index in [0.29, 0.717) is 11.7 Å². The van der Waals surface area contributed by atoms with E-state index in [2.05, 4.69) is 4.99 Å². The van der Waals surface area contributed by atoms with E-state index >= 15 is 0 Å². The second-order valence-electron chi connectivity index (χ2n) is 3.29. The van der Waals surface area contributed by atoms with E-state index in [1.54, 1.807) is 18.1 Å². The van der Waals surface area contributed by atoms with Gasteiger partial charge in [0.1, 0.15) is 0 Å². The monoisotopic (exact) mass is 226 g/mol. The summed E-state index contributed by atoms with van der Waals surface area (Å²) in [5, 5.41) is 9.14. The van der Waals surface area contributed by atoms with Crippen LogP contribution in [-0.2, 0) is 4.79 Å². The van der Waals surface area contributed by atoms with Gasteiger partial charge in [-0.05, 0) is 12.7 Å². The largest absolute Gasteiger partial charge is 0.344 e. The predicted octanol–water partition coefficient (Wildman–Crippen LogP) is 0.351. The van der Waals surface area contributed by atoms with Crippen LogP contribution in [0.15, 0.2) is 4.99 Å². The molecular formula is C9H14N4OS. The predicted molar refractivity (Wildman–Crippen MR) is 60.4 cm³/mol. The molecule has 82 valence electrons. The van der Waals surface area contributed by atoms with E-state index < -0.39 is 0 Å². The molecule has 0 spiro atoms. The van der Waals surface area contributed by atoms with Crippen LogP contribution in [-0.4, -0.2) is 53.8 Å². The van der Waals surface area contributed by atoms with Gasteiger partial charge in [0.05, 0.1) is 6.54 Å². The molecule has 0 radical (unpaired) electrons. The maximum Gasteiger partial charge on any atom is 0.241 e. The molecule has 15 heavy (non-hydrogen) atoms. The second kappa shape index (κ2) is 5.61. The summed E-state index contributed by atoms with van der Waals surface area (Å²) in [7, 11) is 1.80. The first-order valence-corrected chi connectivity index (χ1v) is 5.91. The van der Waals surface area contributed by atoms with E-state index in [9.17, 15) is 4.79 Å². The van der Waals surface area contributed by atoms with E-state index in [-0.39, 0.29) is 5.91 Å². The summed E-state index contributed by atoms with van der Waals surface area (Å²) in [4.78, 5) is 18.9. The van der Waals surface area contributed by atoms with Gasteiger partial charge in [0, 0.05) is 20.1 Å². The van der Waals surface area contributed by atoms with Crippen molar-refractivity contribution in [3.63, 3.8) is 0 Å². The van der Waals surface area contributed by atoms with E-state index in [1.807, 2.05) is 11.2 Å². The van der Waals surface area contributed by atoms with Crippen LogP contribution in [0.2, 0.25) is 0 Å². The van der Waals surface area contributed by atoms with Gasteiger partial charge in [-0.1, -0.05) is 11.8 Å². The summed E-state index contributed by atoms with van der Waals surface area (Å²) >= 11 is 1.40. The molecule has 0 N–H and O–H groups in total. The average molecular weight is 226 g/mol. The topological polar surface area (TPSA) is 59.7 Å². The van der Waals surface area contributed by atoms with Crippen molar-refractivity contribution in [3.8, 4) is 6.19 Å². The van der Waals surface area contributed by atoms with Crippen LogP contribution in [0.5, 0.6) is 0 Å². The van der Waals surface area contributed by atoms with Gasteiger partial charge in [-0.25, -0.2) is 0 Å². The molecule has 0 atom stereocenters. The van der Waals surface area contributed by atoms with Crippen molar-refractivity contribution < 1.29 is 4.79 Å². The van der Waals surface area contributed by atoms with Crippen LogP contribution in [0, 0.1) is 11.5 Å². The van der Waals surface area contributed by atoms with Crippen LogP contribution < -0.4 is 0 Å². The SMILES string of the molecule is CSC(=NC#N)N1CCCN(C)C(=O)C1. The Balaban J connectivity index is 2.74. The number of amidine groups is 1. The lowest BCUT2D eigenvalue weighted by atomic mass is 10.4. The Kier molecular flexibility index (Phi) is 4.43. The van der Waals surface area contributed by atoms with Crippen molar-refractivity contribution in [3.05, 3.63) is 0 Å². The van der Waals surface area contributed by atoms with Crippen LogP contribution in [0.1, 0.15) is 6.42 Å². The highest BCUT2D eigenvalue weighted by atomic mass is 32.2. The summed E-state index contributed by atoms with van der Waals surface area (Å²) in [5.74, 6) is 0.0761. The molecule has 1 fully saturated rings. The van der Waals surface area contributed by atoms with Gasteiger partial charge in [-0.3, -0.25) is 4.79 Å². The zero-order chi connectivity index (χ0) is 11.3. The summed E-state index contributed by atoms with van der Waals surface area (Å²) in [6.07, 6.45) is 4.53. The molecule has 1 heterocycles. The number of thioether (sulfide) groups is 1. The highest BCUT2D eigenvalue weighted by molar-refractivity contribution is 8.13. The van der Waals surface area contributed by atoms with E-state index in [0.717, 1.165) is 19.5 Å². The number of nitriles is 1. The summed E-state index contributed by atoms with van der Waals surface area (Å²) in [6.45, 7) is 1.86. The highest BCUT2D eigenvalue weighted by Crippen LogP contribution is 2.10. The molecule has 0 aliphatic carbocycles. The Morgan fingerprint density at radius 2 is 2.33 bits per heavy atom.